The van der Waals surface area contributed by atoms with E-state index in [2.05, 4.69) is 38.9 Å². The highest BCUT2D eigenvalue weighted by Crippen LogP contribution is 2.50. The smallest absolute Gasteiger partial charge is 0.281 e. The van der Waals surface area contributed by atoms with Gasteiger partial charge in [0.25, 0.3) is 15.9 Å². The summed E-state index contributed by atoms with van der Waals surface area (Å²) in [6.45, 7) is 5.59. The predicted molar refractivity (Wildman–Crippen MR) is 167 cm³/mol. The Morgan fingerprint density at radius 2 is 1.82 bits per heavy atom. The van der Waals surface area contributed by atoms with E-state index in [-0.39, 0.29) is 22.2 Å². The molecule has 11 nitrogen and oxygen atoms in total. The minimum absolute atomic E-state index is 0.127. The van der Waals surface area contributed by atoms with Crippen LogP contribution >= 0.6 is 0 Å². The van der Waals surface area contributed by atoms with E-state index in [1.165, 1.54) is 31.7 Å². The lowest BCUT2D eigenvalue weighted by atomic mass is 9.95. The number of nitrogens with zero attached hydrogens (tertiary/aromatic N) is 5. The molecule has 234 valence electrons. The first-order chi connectivity index (χ1) is 21.2. The number of hydrogen-bond acceptors (Lipinski definition) is 9. The third kappa shape index (κ3) is 6.00. The zero-order chi connectivity index (χ0) is 30.5. The fraction of sp³-hybridized carbons (Fsp3) is 0.562. The van der Waals surface area contributed by atoms with Crippen LogP contribution in [0.4, 0.5) is 11.6 Å². The maximum atomic E-state index is 13.7. The standard InChI is InChI=1S/C32H41N7O4S/c1-32(2)17-14-23-5-4-18-33-26-6-3-7-29(34-26)44(41,42)37-31(40)25-12-13-27(35-30(25)39(23)32)38-19-15-28(36-38)43-20-16-24(21-8-9-21)22-10-11-22/h3,6-7,12-13,15,19,21-24H,4-5,8-11,14,16-18,20H2,1-2H3,(H,33,34)(H,37,40). The summed E-state index contributed by atoms with van der Waals surface area (Å²) in [6.07, 6.45) is 11.9. The molecule has 3 aromatic rings. The second-order valence-electron chi connectivity index (χ2n) is 13.4. The first-order valence-electron chi connectivity index (χ1n) is 16.0. The SMILES string of the molecule is CC1(C)CCC2CCCNc3cccc(n3)S(=O)(=O)NC(=O)c3ccc(-n4ccc(OCCC(C5CC5)C5CC5)n4)nc3N21. The van der Waals surface area contributed by atoms with Crippen LogP contribution in [0.3, 0.4) is 0 Å². The zero-order valence-corrected chi connectivity index (χ0v) is 26.2. The number of ether oxygens (including phenoxy) is 1. The van der Waals surface area contributed by atoms with E-state index in [1.54, 1.807) is 28.9 Å². The number of sulfonamides is 1. The predicted octanol–water partition coefficient (Wildman–Crippen LogP) is 4.94. The van der Waals surface area contributed by atoms with E-state index in [9.17, 15) is 13.2 Å². The third-order valence-corrected chi connectivity index (χ3v) is 10.9. The zero-order valence-electron chi connectivity index (χ0n) is 25.4. The van der Waals surface area contributed by atoms with Crippen LogP contribution in [0.2, 0.25) is 0 Å². The number of nitrogens with one attached hydrogen (secondary N) is 2. The summed E-state index contributed by atoms with van der Waals surface area (Å²) < 4.78 is 36.4. The number of carbonyl (C=O) groups excluding carboxylic acids is 1. The third-order valence-electron chi connectivity index (χ3n) is 9.64. The van der Waals surface area contributed by atoms with Crippen molar-refractivity contribution in [3.8, 4) is 11.7 Å². The fourth-order valence-electron chi connectivity index (χ4n) is 7.09. The van der Waals surface area contributed by atoms with Crippen molar-refractivity contribution in [1.82, 2.24) is 24.5 Å². The van der Waals surface area contributed by atoms with E-state index in [4.69, 9.17) is 9.72 Å². The molecule has 1 amide bonds. The minimum Gasteiger partial charge on any atom is -0.477 e. The molecule has 7 rings (SSSR count). The molecule has 3 aromatic heterocycles. The molecule has 2 saturated carbocycles. The number of anilines is 2. The monoisotopic (exact) mass is 619 g/mol. The van der Waals surface area contributed by atoms with E-state index in [1.807, 2.05) is 12.3 Å². The quantitative estimate of drug-likeness (QED) is 0.378. The van der Waals surface area contributed by atoms with Crippen LogP contribution in [-0.4, -0.2) is 58.8 Å². The summed E-state index contributed by atoms with van der Waals surface area (Å²) >= 11 is 0. The van der Waals surface area contributed by atoms with Crippen LogP contribution in [-0.2, 0) is 10.0 Å². The summed E-state index contributed by atoms with van der Waals surface area (Å²) in [6, 6.07) is 10.0. The summed E-state index contributed by atoms with van der Waals surface area (Å²) in [5.74, 6) is 3.79. The Labute approximate surface area is 258 Å². The molecule has 2 N–H and O–H groups in total. The Morgan fingerprint density at radius 1 is 1.02 bits per heavy atom. The molecule has 44 heavy (non-hydrogen) atoms. The first-order valence-corrected chi connectivity index (χ1v) is 17.4. The molecule has 12 heteroatoms. The van der Waals surface area contributed by atoms with Gasteiger partial charge in [0.15, 0.2) is 10.8 Å². The van der Waals surface area contributed by atoms with Gasteiger partial charge in [-0.1, -0.05) is 6.07 Å². The van der Waals surface area contributed by atoms with Gasteiger partial charge < -0.3 is 15.0 Å². The van der Waals surface area contributed by atoms with Gasteiger partial charge in [0.2, 0.25) is 5.88 Å². The van der Waals surface area contributed by atoms with E-state index in [0.29, 0.717) is 36.5 Å². The Morgan fingerprint density at radius 3 is 2.59 bits per heavy atom. The van der Waals surface area contributed by atoms with E-state index < -0.39 is 15.9 Å². The number of hydrogen-bond donors (Lipinski definition) is 2. The van der Waals surface area contributed by atoms with Crippen LogP contribution in [0.1, 0.15) is 82.0 Å². The van der Waals surface area contributed by atoms with Gasteiger partial charge in [0, 0.05) is 30.4 Å². The molecule has 1 atom stereocenters. The molecule has 2 bridgehead atoms. The topological polar surface area (TPSA) is 131 Å². The summed E-state index contributed by atoms with van der Waals surface area (Å²) in [4.78, 5) is 25.1. The Hall–Kier alpha value is -3.67. The van der Waals surface area contributed by atoms with Crippen molar-refractivity contribution >= 4 is 27.6 Å². The average molecular weight is 620 g/mol. The van der Waals surface area contributed by atoms with Gasteiger partial charge in [-0.3, -0.25) is 4.79 Å². The first kappa shape index (κ1) is 29.1. The van der Waals surface area contributed by atoms with Crippen molar-refractivity contribution in [3.05, 3.63) is 48.2 Å². The number of pyridine rings is 2. The minimum atomic E-state index is -4.22. The Balaban J connectivity index is 1.19. The van der Waals surface area contributed by atoms with Crippen LogP contribution in [0, 0.1) is 17.8 Å². The fourth-order valence-corrected chi connectivity index (χ4v) is 8.02. The molecule has 3 fully saturated rings. The molecule has 1 unspecified atom stereocenters. The van der Waals surface area contributed by atoms with Gasteiger partial charge in [-0.05, 0) is 114 Å². The van der Waals surface area contributed by atoms with Crippen LogP contribution in [0.25, 0.3) is 5.82 Å². The van der Waals surface area contributed by atoms with E-state index in [0.717, 1.165) is 49.9 Å². The Bertz CT molecular complexity index is 1640. The van der Waals surface area contributed by atoms with E-state index >= 15 is 0 Å². The molecule has 0 aromatic carbocycles. The molecular formula is C32H41N7O4S. The summed E-state index contributed by atoms with van der Waals surface area (Å²) in [7, 11) is -4.22. The van der Waals surface area contributed by atoms with Crippen LogP contribution < -0.4 is 19.7 Å². The lowest BCUT2D eigenvalue weighted by Crippen LogP contribution is -2.45. The van der Waals surface area contributed by atoms with Crippen molar-refractivity contribution in [2.24, 2.45) is 17.8 Å². The normalized spacial score (nSPS) is 22.8. The van der Waals surface area contributed by atoms with Crippen LogP contribution in [0.5, 0.6) is 5.88 Å². The second kappa shape index (κ2) is 11.4. The van der Waals surface area contributed by atoms with Gasteiger partial charge in [0.1, 0.15) is 11.6 Å². The molecule has 2 aliphatic heterocycles. The highest BCUT2D eigenvalue weighted by Gasteiger charge is 2.42. The number of carbonyl (C=O) groups is 1. The largest absolute Gasteiger partial charge is 0.477 e. The lowest BCUT2D eigenvalue weighted by Gasteiger charge is -2.38. The molecular weight excluding hydrogens is 578 g/mol. The average Bonchev–Trinajstić information content (AvgIpc) is 3.93. The van der Waals surface area contributed by atoms with Gasteiger partial charge in [0.05, 0.1) is 12.2 Å². The number of rotatable bonds is 7. The van der Waals surface area contributed by atoms with Crippen LogP contribution in [0.15, 0.2) is 47.6 Å². The van der Waals surface area contributed by atoms with Gasteiger partial charge in [-0.2, -0.15) is 8.42 Å². The van der Waals surface area contributed by atoms with Crippen molar-refractivity contribution in [3.63, 3.8) is 0 Å². The Kier molecular flexibility index (Phi) is 7.50. The molecule has 0 spiro atoms. The van der Waals surface area contributed by atoms with Gasteiger partial charge in [-0.25, -0.2) is 19.4 Å². The molecule has 1 saturated heterocycles. The number of fused-ring (bicyclic) bond motifs is 5. The number of amides is 1. The molecule has 4 aliphatic rings. The lowest BCUT2D eigenvalue weighted by molar-refractivity contribution is 0.0981. The molecule has 2 aliphatic carbocycles. The summed E-state index contributed by atoms with van der Waals surface area (Å²) in [5.41, 5.74) is -0.100. The highest BCUT2D eigenvalue weighted by atomic mass is 32.2. The molecule has 0 radical (unpaired) electrons. The van der Waals surface area contributed by atoms with Crippen molar-refractivity contribution < 1.29 is 17.9 Å². The highest BCUT2D eigenvalue weighted by molar-refractivity contribution is 7.90. The van der Waals surface area contributed by atoms with Crippen molar-refractivity contribution in [1.29, 1.82) is 0 Å². The maximum Gasteiger partial charge on any atom is 0.281 e. The van der Waals surface area contributed by atoms with Gasteiger partial charge in [-0.15, -0.1) is 5.10 Å². The van der Waals surface area contributed by atoms with Gasteiger partial charge >= 0.3 is 0 Å². The van der Waals surface area contributed by atoms with Crippen molar-refractivity contribution in [2.45, 2.75) is 88.2 Å². The molecule has 5 heterocycles. The second-order valence-corrected chi connectivity index (χ2v) is 15.0. The maximum absolute atomic E-state index is 13.7. The van der Waals surface area contributed by atoms with Crippen molar-refractivity contribution in [2.75, 3.05) is 23.4 Å². The summed E-state index contributed by atoms with van der Waals surface area (Å²) in [5, 5.41) is 7.66. The number of aromatic nitrogens is 4.